The number of rotatable bonds is 2. The van der Waals surface area contributed by atoms with Crippen LogP contribution < -0.4 is 14.8 Å². The second kappa shape index (κ2) is 4.16. The van der Waals surface area contributed by atoms with E-state index in [1.54, 1.807) is 32.0 Å². The van der Waals surface area contributed by atoms with E-state index >= 15 is 0 Å². The van der Waals surface area contributed by atoms with Crippen molar-refractivity contribution in [1.82, 2.24) is 0 Å². The molecule has 1 aromatic rings. The van der Waals surface area contributed by atoms with E-state index < -0.39 is 11.2 Å². The summed E-state index contributed by atoms with van der Waals surface area (Å²) in [6.07, 6.45) is 0. The summed E-state index contributed by atoms with van der Waals surface area (Å²) in [6.45, 7) is 6.75. The molecule has 1 amide bonds. The molecule has 0 aromatic heterocycles. The van der Waals surface area contributed by atoms with E-state index in [4.69, 9.17) is 14.7 Å². The van der Waals surface area contributed by atoms with Gasteiger partial charge in [0, 0.05) is 25.6 Å². The normalized spacial score (nSPS) is 15.7. The Labute approximate surface area is 112 Å². The molecular formula is C14H16N2O3. The molecule has 0 aliphatic carbocycles. The number of hydrogen-bond donors (Lipinski definition) is 1. The maximum Gasteiger partial charge on any atom is 0.246 e. The van der Waals surface area contributed by atoms with Crippen LogP contribution in [0.5, 0.6) is 11.5 Å². The molecule has 0 unspecified atom stereocenters. The number of hydrogen-bond acceptors (Lipinski definition) is 4. The van der Waals surface area contributed by atoms with Crippen LogP contribution in [0.1, 0.15) is 27.7 Å². The van der Waals surface area contributed by atoms with Crippen molar-refractivity contribution < 1.29 is 14.3 Å². The van der Waals surface area contributed by atoms with Gasteiger partial charge in [-0.15, -0.1) is 0 Å². The van der Waals surface area contributed by atoms with Gasteiger partial charge in [0.05, 0.1) is 6.07 Å². The van der Waals surface area contributed by atoms with E-state index in [2.05, 4.69) is 5.32 Å². The number of nitrogens with one attached hydrogen (secondary N) is 1. The highest BCUT2D eigenvalue weighted by atomic mass is 16.7. The third-order valence-corrected chi connectivity index (χ3v) is 2.76. The predicted octanol–water partition coefficient (Wildman–Crippen LogP) is 2.68. The fourth-order valence-electron chi connectivity index (χ4n) is 1.64. The quantitative estimate of drug-likeness (QED) is 0.887. The smallest absolute Gasteiger partial charge is 0.246 e. The zero-order chi connectivity index (χ0) is 14.3. The summed E-state index contributed by atoms with van der Waals surface area (Å²) in [5.41, 5.74) is -0.497. The number of benzene rings is 1. The van der Waals surface area contributed by atoms with Crippen molar-refractivity contribution in [2.75, 3.05) is 5.32 Å². The highest BCUT2D eigenvalue weighted by molar-refractivity contribution is 5.96. The van der Waals surface area contributed by atoms with E-state index in [9.17, 15) is 4.79 Å². The van der Waals surface area contributed by atoms with E-state index in [0.717, 1.165) is 0 Å². The number of nitriles is 1. The van der Waals surface area contributed by atoms with Gasteiger partial charge < -0.3 is 14.8 Å². The lowest BCUT2D eigenvalue weighted by Crippen LogP contribution is -2.29. The molecule has 1 aromatic carbocycles. The third kappa shape index (κ3) is 2.63. The molecule has 2 rings (SSSR count). The van der Waals surface area contributed by atoms with Crippen molar-refractivity contribution in [3.8, 4) is 17.6 Å². The van der Waals surface area contributed by atoms with E-state index in [1.807, 2.05) is 19.9 Å². The van der Waals surface area contributed by atoms with Crippen molar-refractivity contribution in [2.45, 2.75) is 33.5 Å². The molecule has 1 aliphatic heterocycles. The predicted molar refractivity (Wildman–Crippen MR) is 69.8 cm³/mol. The first-order valence-corrected chi connectivity index (χ1v) is 5.98. The van der Waals surface area contributed by atoms with Gasteiger partial charge in [0.25, 0.3) is 0 Å². The maximum absolute atomic E-state index is 11.9. The zero-order valence-corrected chi connectivity index (χ0v) is 11.4. The molecule has 100 valence electrons. The van der Waals surface area contributed by atoms with Gasteiger partial charge in [-0.05, 0) is 26.0 Å². The molecule has 1 N–H and O–H groups in total. The number of fused-ring (bicyclic) bond motifs is 1. The minimum absolute atomic E-state index is 0.354. The fraction of sp³-hybridized carbons (Fsp3) is 0.429. The van der Waals surface area contributed by atoms with Crippen LogP contribution in [-0.4, -0.2) is 11.7 Å². The van der Waals surface area contributed by atoms with Crippen LogP contribution in [0, 0.1) is 16.7 Å². The first kappa shape index (κ1) is 13.2. The van der Waals surface area contributed by atoms with Gasteiger partial charge in [0.2, 0.25) is 11.7 Å². The Morgan fingerprint density at radius 2 is 1.95 bits per heavy atom. The van der Waals surface area contributed by atoms with Gasteiger partial charge in [-0.3, -0.25) is 4.79 Å². The Hall–Kier alpha value is -2.22. The molecule has 0 atom stereocenters. The van der Waals surface area contributed by atoms with E-state index in [-0.39, 0.29) is 5.91 Å². The van der Waals surface area contributed by atoms with Crippen LogP contribution in [0.4, 0.5) is 5.69 Å². The average molecular weight is 260 g/mol. The molecule has 1 aliphatic rings. The lowest BCUT2D eigenvalue weighted by Gasteiger charge is -2.16. The highest BCUT2D eigenvalue weighted by Gasteiger charge is 2.32. The Morgan fingerprint density at radius 3 is 2.58 bits per heavy atom. The number of carbonyl (C=O) groups is 1. The molecule has 0 fully saturated rings. The summed E-state index contributed by atoms with van der Waals surface area (Å²) < 4.78 is 11.1. The van der Waals surface area contributed by atoms with Crippen LogP contribution in [0.2, 0.25) is 0 Å². The molecule has 0 saturated heterocycles. The highest BCUT2D eigenvalue weighted by Crippen LogP contribution is 2.40. The van der Waals surface area contributed by atoms with Crippen LogP contribution in [0.15, 0.2) is 18.2 Å². The number of amides is 1. The van der Waals surface area contributed by atoms with E-state index in [0.29, 0.717) is 17.2 Å². The molecule has 19 heavy (non-hydrogen) atoms. The van der Waals surface area contributed by atoms with Crippen LogP contribution >= 0.6 is 0 Å². The Morgan fingerprint density at radius 1 is 1.32 bits per heavy atom. The lowest BCUT2D eigenvalue weighted by molar-refractivity contribution is -0.121. The van der Waals surface area contributed by atoms with Crippen molar-refractivity contribution in [1.29, 1.82) is 5.26 Å². The SMILES string of the molecule is CC1(C)Oc2ccc(NC(=O)C(C)(C)C#N)cc2O1. The Balaban J connectivity index is 2.18. The summed E-state index contributed by atoms with van der Waals surface area (Å²) >= 11 is 0. The Bertz CT molecular complexity index is 571. The molecule has 5 nitrogen and oxygen atoms in total. The standard InChI is InChI=1S/C14H16N2O3/c1-13(2,8-15)12(17)16-9-5-6-10-11(7-9)19-14(3,4)18-10/h5-7H,1-4H3,(H,16,17). The Kier molecular flexibility index (Phi) is 2.90. The number of anilines is 1. The molecule has 0 saturated carbocycles. The van der Waals surface area contributed by atoms with Crippen LogP contribution in [-0.2, 0) is 4.79 Å². The van der Waals surface area contributed by atoms with Crippen molar-refractivity contribution in [3.63, 3.8) is 0 Å². The van der Waals surface area contributed by atoms with Gasteiger partial charge in [-0.1, -0.05) is 0 Å². The largest absolute Gasteiger partial charge is 0.449 e. The molecule has 0 spiro atoms. The van der Waals surface area contributed by atoms with Crippen LogP contribution in [0.3, 0.4) is 0 Å². The monoisotopic (exact) mass is 260 g/mol. The van der Waals surface area contributed by atoms with Gasteiger partial charge in [0.1, 0.15) is 5.41 Å². The van der Waals surface area contributed by atoms with Gasteiger partial charge in [0.15, 0.2) is 11.5 Å². The third-order valence-electron chi connectivity index (χ3n) is 2.76. The van der Waals surface area contributed by atoms with Gasteiger partial charge in [-0.2, -0.15) is 5.26 Å². The van der Waals surface area contributed by atoms with Gasteiger partial charge in [-0.25, -0.2) is 0 Å². The minimum Gasteiger partial charge on any atom is -0.449 e. The number of carbonyl (C=O) groups excluding carboxylic acids is 1. The summed E-state index contributed by atoms with van der Waals surface area (Å²) in [5.74, 6) is 0.171. The number of nitrogens with zero attached hydrogens (tertiary/aromatic N) is 1. The number of ether oxygens (including phenoxy) is 2. The molecule has 0 radical (unpaired) electrons. The summed E-state index contributed by atoms with van der Waals surface area (Å²) in [6, 6.07) is 7.10. The average Bonchev–Trinajstić information content (AvgIpc) is 2.62. The second-order valence-electron chi connectivity index (χ2n) is 5.46. The zero-order valence-electron chi connectivity index (χ0n) is 11.4. The van der Waals surface area contributed by atoms with Crippen molar-refractivity contribution in [2.24, 2.45) is 5.41 Å². The molecule has 0 bridgehead atoms. The van der Waals surface area contributed by atoms with E-state index in [1.165, 1.54) is 0 Å². The minimum atomic E-state index is -1.07. The molecular weight excluding hydrogens is 244 g/mol. The summed E-state index contributed by atoms with van der Waals surface area (Å²) in [5, 5.41) is 11.6. The van der Waals surface area contributed by atoms with Gasteiger partial charge >= 0.3 is 0 Å². The lowest BCUT2D eigenvalue weighted by atomic mass is 9.94. The van der Waals surface area contributed by atoms with Crippen molar-refractivity contribution >= 4 is 11.6 Å². The molecule has 5 heteroatoms. The topological polar surface area (TPSA) is 71.3 Å². The summed E-state index contributed by atoms with van der Waals surface area (Å²) in [4.78, 5) is 11.9. The first-order chi connectivity index (χ1) is 8.73. The van der Waals surface area contributed by atoms with Crippen molar-refractivity contribution in [3.05, 3.63) is 18.2 Å². The first-order valence-electron chi connectivity index (χ1n) is 5.98. The second-order valence-corrected chi connectivity index (χ2v) is 5.46. The summed E-state index contributed by atoms with van der Waals surface area (Å²) in [7, 11) is 0. The maximum atomic E-state index is 11.9. The molecule has 1 heterocycles. The fourth-order valence-corrected chi connectivity index (χ4v) is 1.64. The van der Waals surface area contributed by atoms with Crippen LogP contribution in [0.25, 0.3) is 0 Å².